The lowest BCUT2D eigenvalue weighted by atomic mass is 9.99. The van der Waals surface area contributed by atoms with E-state index in [1.165, 1.54) is 0 Å². The predicted octanol–water partition coefficient (Wildman–Crippen LogP) is 7.26. The molecule has 0 aliphatic heterocycles. The van der Waals surface area contributed by atoms with E-state index in [2.05, 4.69) is 41.9 Å². The SMILES string of the molecule is CCCCC(O)Cc1nn(-c2ccc(Cl)cc2Cl)c(-c2ccc(Br)cc2)c1CC. The number of rotatable bonds is 8. The molecule has 0 saturated heterocycles. The van der Waals surface area contributed by atoms with Crippen molar-refractivity contribution in [2.75, 3.05) is 0 Å². The van der Waals surface area contributed by atoms with E-state index in [1.54, 1.807) is 6.07 Å². The summed E-state index contributed by atoms with van der Waals surface area (Å²) in [6.07, 6.45) is 3.80. The Kier molecular flexibility index (Phi) is 7.80. The number of hydrogen-bond acceptors (Lipinski definition) is 2. The minimum Gasteiger partial charge on any atom is -0.393 e. The number of aliphatic hydroxyl groups excluding tert-OH is 1. The molecule has 0 aliphatic carbocycles. The van der Waals surface area contributed by atoms with Gasteiger partial charge >= 0.3 is 0 Å². The minimum absolute atomic E-state index is 0.401. The Morgan fingerprint density at radius 2 is 1.83 bits per heavy atom. The van der Waals surface area contributed by atoms with E-state index in [0.717, 1.165) is 58.4 Å². The topological polar surface area (TPSA) is 38.1 Å². The second-order valence-corrected chi connectivity index (χ2v) is 8.90. The van der Waals surface area contributed by atoms with E-state index >= 15 is 0 Å². The first-order valence-corrected chi connectivity index (χ1v) is 11.5. The van der Waals surface area contributed by atoms with Crippen LogP contribution >= 0.6 is 39.1 Å². The molecule has 1 unspecified atom stereocenters. The highest BCUT2D eigenvalue weighted by Crippen LogP contribution is 2.34. The van der Waals surface area contributed by atoms with Crippen LogP contribution in [0.4, 0.5) is 0 Å². The molecule has 1 aromatic heterocycles. The molecule has 3 aromatic rings. The molecular formula is C23H25BrCl2N2O. The van der Waals surface area contributed by atoms with Gasteiger partial charge in [0.2, 0.25) is 0 Å². The van der Waals surface area contributed by atoms with Gasteiger partial charge in [0.15, 0.2) is 0 Å². The van der Waals surface area contributed by atoms with Crippen molar-refractivity contribution in [3.63, 3.8) is 0 Å². The molecule has 154 valence electrons. The molecule has 1 atom stereocenters. The molecule has 0 bridgehead atoms. The number of nitrogens with zero attached hydrogens (tertiary/aromatic N) is 2. The number of halogens is 3. The van der Waals surface area contributed by atoms with Crippen LogP contribution in [0, 0.1) is 0 Å². The third-order valence-electron chi connectivity index (χ3n) is 5.00. The highest BCUT2D eigenvalue weighted by Gasteiger charge is 2.22. The summed E-state index contributed by atoms with van der Waals surface area (Å²) < 4.78 is 2.91. The lowest BCUT2D eigenvalue weighted by Crippen LogP contribution is -2.12. The van der Waals surface area contributed by atoms with Crippen LogP contribution in [0.2, 0.25) is 10.0 Å². The summed E-state index contributed by atoms with van der Waals surface area (Å²) in [6.45, 7) is 4.25. The fraction of sp³-hybridized carbons (Fsp3) is 0.348. The van der Waals surface area contributed by atoms with Crippen LogP contribution in [-0.4, -0.2) is 21.0 Å². The minimum atomic E-state index is -0.401. The summed E-state index contributed by atoms with van der Waals surface area (Å²) >= 11 is 16.1. The summed E-state index contributed by atoms with van der Waals surface area (Å²) in [5.74, 6) is 0. The summed E-state index contributed by atoms with van der Waals surface area (Å²) in [6, 6.07) is 13.6. The average molecular weight is 496 g/mol. The van der Waals surface area contributed by atoms with Gasteiger partial charge in [0, 0.05) is 27.0 Å². The second-order valence-electron chi connectivity index (χ2n) is 7.14. The first-order valence-electron chi connectivity index (χ1n) is 9.94. The number of unbranched alkanes of at least 4 members (excludes halogenated alkanes) is 1. The van der Waals surface area contributed by atoms with Crippen LogP contribution in [0.15, 0.2) is 46.9 Å². The van der Waals surface area contributed by atoms with Gasteiger partial charge in [0.05, 0.1) is 28.2 Å². The van der Waals surface area contributed by atoms with Crippen LogP contribution in [-0.2, 0) is 12.8 Å². The van der Waals surface area contributed by atoms with Gasteiger partial charge < -0.3 is 5.11 Å². The molecule has 1 N–H and O–H groups in total. The second kappa shape index (κ2) is 10.1. The Labute approximate surface area is 190 Å². The Morgan fingerprint density at radius 1 is 1.10 bits per heavy atom. The summed E-state index contributed by atoms with van der Waals surface area (Å²) in [5, 5.41) is 16.6. The third-order valence-corrected chi connectivity index (χ3v) is 6.06. The maximum Gasteiger partial charge on any atom is 0.0840 e. The molecule has 3 rings (SSSR count). The van der Waals surface area contributed by atoms with Gasteiger partial charge in [0.1, 0.15) is 0 Å². The average Bonchev–Trinajstić information content (AvgIpc) is 3.04. The molecular weight excluding hydrogens is 471 g/mol. The summed E-state index contributed by atoms with van der Waals surface area (Å²) in [4.78, 5) is 0. The standard InChI is InChI=1S/C23H25BrCl2N2O/c1-3-5-6-18(29)14-21-19(4-2)23(15-7-9-16(24)10-8-15)28(27-21)22-12-11-17(25)13-20(22)26/h7-13,18,29H,3-6,14H2,1-2H3. The molecule has 0 saturated carbocycles. The molecule has 6 heteroatoms. The zero-order valence-corrected chi connectivity index (χ0v) is 19.7. The maximum atomic E-state index is 10.5. The van der Waals surface area contributed by atoms with E-state index in [9.17, 15) is 5.11 Å². The summed E-state index contributed by atoms with van der Waals surface area (Å²) in [7, 11) is 0. The lowest BCUT2D eigenvalue weighted by molar-refractivity contribution is 0.160. The monoisotopic (exact) mass is 494 g/mol. The van der Waals surface area contributed by atoms with Gasteiger partial charge in [-0.05, 0) is 43.2 Å². The molecule has 2 aromatic carbocycles. The van der Waals surface area contributed by atoms with Gasteiger partial charge in [0.25, 0.3) is 0 Å². The van der Waals surface area contributed by atoms with Gasteiger partial charge in [-0.15, -0.1) is 0 Å². The van der Waals surface area contributed by atoms with Crippen LogP contribution in [0.5, 0.6) is 0 Å². The van der Waals surface area contributed by atoms with Crippen molar-refractivity contribution in [3.05, 3.63) is 68.2 Å². The molecule has 0 amide bonds. The van der Waals surface area contributed by atoms with Crippen molar-refractivity contribution in [2.24, 2.45) is 0 Å². The van der Waals surface area contributed by atoms with Crippen LogP contribution in [0.1, 0.15) is 44.4 Å². The highest BCUT2D eigenvalue weighted by atomic mass is 79.9. The number of aromatic nitrogens is 2. The fourth-order valence-electron chi connectivity index (χ4n) is 3.53. The number of benzene rings is 2. The molecule has 0 fully saturated rings. The van der Waals surface area contributed by atoms with Gasteiger partial charge in [-0.2, -0.15) is 5.10 Å². The van der Waals surface area contributed by atoms with Crippen molar-refractivity contribution in [3.8, 4) is 16.9 Å². The van der Waals surface area contributed by atoms with E-state index < -0.39 is 6.10 Å². The molecule has 0 spiro atoms. The fourth-order valence-corrected chi connectivity index (χ4v) is 4.28. The Bertz CT molecular complexity index is 970. The van der Waals surface area contributed by atoms with E-state index in [0.29, 0.717) is 16.5 Å². The first kappa shape index (κ1) is 22.4. The van der Waals surface area contributed by atoms with Gasteiger partial charge in [-0.25, -0.2) is 4.68 Å². The lowest BCUT2D eigenvalue weighted by Gasteiger charge is -2.11. The van der Waals surface area contributed by atoms with Crippen LogP contribution in [0.25, 0.3) is 16.9 Å². The predicted molar refractivity (Wildman–Crippen MR) is 125 cm³/mol. The van der Waals surface area contributed by atoms with E-state index in [4.69, 9.17) is 28.3 Å². The van der Waals surface area contributed by atoms with Crippen molar-refractivity contribution >= 4 is 39.1 Å². The zero-order chi connectivity index (χ0) is 21.0. The molecule has 1 heterocycles. The molecule has 29 heavy (non-hydrogen) atoms. The quantitative estimate of drug-likeness (QED) is 0.357. The zero-order valence-electron chi connectivity index (χ0n) is 16.6. The van der Waals surface area contributed by atoms with E-state index in [1.807, 2.05) is 28.9 Å². The van der Waals surface area contributed by atoms with Crippen molar-refractivity contribution in [1.82, 2.24) is 9.78 Å². The Balaban J connectivity index is 2.15. The molecule has 3 nitrogen and oxygen atoms in total. The van der Waals surface area contributed by atoms with Crippen molar-refractivity contribution in [2.45, 2.75) is 52.1 Å². The smallest absolute Gasteiger partial charge is 0.0840 e. The first-order chi connectivity index (χ1) is 13.9. The van der Waals surface area contributed by atoms with Gasteiger partial charge in [-0.3, -0.25) is 0 Å². The highest BCUT2D eigenvalue weighted by molar-refractivity contribution is 9.10. The van der Waals surface area contributed by atoms with Gasteiger partial charge in [-0.1, -0.05) is 78.0 Å². The van der Waals surface area contributed by atoms with Crippen molar-refractivity contribution < 1.29 is 5.11 Å². The molecule has 0 radical (unpaired) electrons. The summed E-state index contributed by atoms with van der Waals surface area (Å²) in [5.41, 5.74) is 4.88. The molecule has 0 aliphatic rings. The van der Waals surface area contributed by atoms with Crippen LogP contribution in [0.3, 0.4) is 0 Å². The van der Waals surface area contributed by atoms with Crippen LogP contribution < -0.4 is 0 Å². The third kappa shape index (κ3) is 5.24. The van der Waals surface area contributed by atoms with Crippen molar-refractivity contribution in [1.29, 1.82) is 0 Å². The largest absolute Gasteiger partial charge is 0.393 e. The Morgan fingerprint density at radius 3 is 2.45 bits per heavy atom. The van der Waals surface area contributed by atoms with E-state index in [-0.39, 0.29) is 0 Å². The normalized spacial score (nSPS) is 12.3. The maximum absolute atomic E-state index is 10.5. The number of hydrogen-bond donors (Lipinski definition) is 1. The number of aliphatic hydroxyl groups is 1. The Hall–Kier alpha value is -1.33.